The fraction of sp³-hybridized carbons (Fsp3) is 0.700. The van der Waals surface area contributed by atoms with Gasteiger partial charge in [-0.15, -0.1) is 0 Å². The number of ether oxygens (including phenoxy) is 3. The molecule has 3 rings (SSSR count). The molecular formula is C50H81N3O19P2. The maximum atomic E-state index is 13.7. The number of hydrogen-bond acceptors (Lipinski definition) is 19. The summed E-state index contributed by atoms with van der Waals surface area (Å²) in [4.78, 5) is 77.9. The maximum absolute atomic E-state index is 13.7. The average Bonchev–Trinajstić information content (AvgIpc) is 3.33. The number of rotatable bonds is 21. The van der Waals surface area contributed by atoms with Crippen molar-refractivity contribution in [3.8, 4) is 0 Å². The number of Topliss-reactive ketones (excluding diaryl/α,β-unsaturated/α-hetero) is 1. The number of carbonyl (C=O) groups excluding carboxylic acids is 3. The first-order valence-corrected chi connectivity index (χ1v) is 28.8. The van der Waals surface area contributed by atoms with E-state index in [4.69, 9.17) is 29.0 Å². The van der Waals surface area contributed by atoms with Crippen molar-refractivity contribution in [1.82, 2.24) is 9.55 Å². The monoisotopic (exact) mass is 1090 g/mol. The van der Waals surface area contributed by atoms with Crippen LogP contribution < -0.4 is 11.4 Å². The van der Waals surface area contributed by atoms with E-state index in [-0.39, 0.29) is 37.9 Å². The predicted molar refractivity (Wildman–Crippen MR) is 273 cm³/mol. The van der Waals surface area contributed by atoms with E-state index in [1.807, 2.05) is 6.92 Å². The molecule has 2 saturated heterocycles. The SMILES string of the molecule is CC/C=C\C/C=C\C/C=C\CCCCCCCC(=O)O[C@@H]1COC(=O)CCCCC(=O)C[C@@H]2[C@H](n3ccc(N)nc3=O)O[C@H](COP(=O)(O)OP(=O)(O)OC1)[C@@H](O)[C@@H](O)[C@@H](/C=C/[C@@H](O)CCCCC)[C@H](O)C[C@@H]2O. The van der Waals surface area contributed by atoms with Gasteiger partial charge in [0.25, 0.3) is 0 Å². The highest BCUT2D eigenvalue weighted by atomic mass is 31.3. The van der Waals surface area contributed by atoms with Crippen LogP contribution in [0.5, 0.6) is 0 Å². The molecule has 2 unspecified atom stereocenters. The molecule has 12 atom stereocenters. The number of unbranched alkanes of at least 4 members (excludes halogenated alkanes) is 7. The zero-order valence-electron chi connectivity index (χ0n) is 42.7. The predicted octanol–water partition coefficient (Wildman–Crippen LogP) is 6.11. The van der Waals surface area contributed by atoms with E-state index in [9.17, 15) is 63.6 Å². The number of carbonyl (C=O) groups is 3. The number of aliphatic hydroxyl groups excluding tert-OH is 5. The number of esters is 2. The van der Waals surface area contributed by atoms with Crippen LogP contribution in [0, 0.1) is 11.8 Å². The molecule has 2 fully saturated rings. The van der Waals surface area contributed by atoms with E-state index < -0.39 is 133 Å². The Morgan fingerprint density at radius 2 is 1.51 bits per heavy atom. The number of allylic oxidation sites excluding steroid dienone is 6. The number of fused-ring (bicyclic) bond motifs is 3. The number of aliphatic hydroxyl groups is 5. The Hall–Kier alpha value is -3.73. The van der Waals surface area contributed by atoms with Crippen molar-refractivity contribution in [1.29, 1.82) is 0 Å². The lowest BCUT2D eigenvalue weighted by atomic mass is 9.82. The molecule has 2 aliphatic heterocycles. The summed E-state index contributed by atoms with van der Waals surface area (Å²) in [5.74, 6) is -5.22. The Kier molecular flexibility index (Phi) is 30.4. The van der Waals surface area contributed by atoms with Crippen LogP contribution in [0.2, 0.25) is 0 Å². The first-order chi connectivity index (χ1) is 35.3. The largest absolute Gasteiger partial charge is 0.481 e. The normalized spacial score (nSPS) is 30.4. The van der Waals surface area contributed by atoms with E-state index in [1.165, 1.54) is 18.2 Å². The lowest BCUT2D eigenvalue weighted by molar-refractivity contribution is -0.196. The summed E-state index contributed by atoms with van der Waals surface area (Å²) in [5, 5.41) is 57.5. The summed E-state index contributed by atoms with van der Waals surface area (Å²) >= 11 is 0. The topological polar surface area (TPSA) is 343 Å². The maximum Gasteiger partial charge on any atom is 0.481 e. The third-order valence-corrected chi connectivity index (χ3v) is 15.0. The standard InChI is InChI=1S/C50H81N3O19P2/c1-3-5-7-8-9-10-11-12-13-14-15-16-17-18-20-26-46(59)70-38-33-67-45(58)25-22-21-24-37(55)31-40-42(57)32-41(56)39(28-27-36(54)23-19-6-4-2)47(60)48(61)43(35-69-74(65,66)72-73(63,64)68-34-38)71-49(40)53-30-29-44(51)52-50(53)62/h5,7,9-10,12-13,27-30,36,38-43,47-49,54,56-57,60-61H,3-4,6,8,11,14-26,31-35H2,1-2H3,(H,63,64)(H,65,66)(H2,51,52,62)/b7-5-,10-9-,13-12-,28-27+/t36-,38+,39-,40-,41+,42-,43+,47-,48+,49+/m0/s1. The van der Waals surface area contributed by atoms with Crippen LogP contribution >= 0.6 is 15.6 Å². The fourth-order valence-corrected chi connectivity index (χ4v) is 10.4. The van der Waals surface area contributed by atoms with Gasteiger partial charge in [0, 0.05) is 50.1 Å². The molecule has 0 aromatic carbocycles. The Bertz CT molecular complexity index is 2120. The first kappa shape index (κ1) is 64.6. The molecule has 3 heterocycles. The smallest absolute Gasteiger partial charge is 0.462 e. The van der Waals surface area contributed by atoms with E-state index in [0.29, 0.717) is 25.7 Å². The number of ketones is 1. The average molecular weight is 1090 g/mol. The Morgan fingerprint density at radius 1 is 0.851 bits per heavy atom. The molecule has 420 valence electrons. The number of hydrogen-bond donors (Lipinski definition) is 8. The van der Waals surface area contributed by atoms with Crippen LogP contribution in [0.3, 0.4) is 0 Å². The number of nitrogens with zero attached hydrogens (tertiary/aromatic N) is 2. The second-order valence-corrected chi connectivity index (χ2v) is 21.6. The number of nitrogen functional groups attached to an aromatic ring is 1. The lowest BCUT2D eigenvalue weighted by Crippen LogP contribution is -2.52. The van der Waals surface area contributed by atoms with Gasteiger partial charge in [-0.25, -0.2) is 13.9 Å². The van der Waals surface area contributed by atoms with Crippen LogP contribution in [0.15, 0.2) is 65.7 Å². The lowest BCUT2D eigenvalue weighted by Gasteiger charge is -2.40. The first-order valence-electron chi connectivity index (χ1n) is 25.8. The van der Waals surface area contributed by atoms with E-state index in [2.05, 4.69) is 52.7 Å². The number of aromatic nitrogens is 2. The van der Waals surface area contributed by atoms with Gasteiger partial charge in [0.05, 0.1) is 37.6 Å². The van der Waals surface area contributed by atoms with E-state index in [1.54, 1.807) is 0 Å². The van der Waals surface area contributed by atoms with Gasteiger partial charge in [-0.2, -0.15) is 9.29 Å². The van der Waals surface area contributed by atoms with Gasteiger partial charge in [0.15, 0.2) is 6.10 Å². The second-order valence-electron chi connectivity index (χ2n) is 18.6. The zero-order valence-corrected chi connectivity index (χ0v) is 44.5. The molecule has 24 heteroatoms. The third kappa shape index (κ3) is 25.4. The van der Waals surface area contributed by atoms with Gasteiger partial charge in [-0.1, -0.05) is 101 Å². The van der Waals surface area contributed by atoms with Crippen molar-refractivity contribution in [3.05, 3.63) is 71.4 Å². The summed E-state index contributed by atoms with van der Waals surface area (Å²) < 4.78 is 58.7. The van der Waals surface area contributed by atoms with Crippen LogP contribution in [0.1, 0.15) is 148 Å². The van der Waals surface area contributed by atoms with Gasteiger partial charge in [0.2, 0.25) is 0 Å². The summed E-state index contributed by atoms with van der Waals surface area (Å²) in [6.45, 7) is 1.16. The quantitative estimate of drug-likeness (QED) is 0.0298. The minimum absolute atomic E-state index is 0.0475. The van der Waals surface area contributed by atoms with Gasteiger partial charge >= 0.3 is 33.3 Å². The molecule has 0 saturated carbocycles. The number of anilines is 1. The van der Waals surface area contributed by atoms with E-state index >= 15 is 0 Å². The number of phosphoric acid groups is 2. The van der Waals surface area contributed by atoms with Gasteiger partial charge in [0.1, 0.15) is 36.6 Å². The zero-order chi connectivity index (χ0) is 54.5. The molecule has 0 amide bonds. The Labute approximate surface area is 433 Å². The minimum atomic E-state index is -5.77. The van der Waals surface area contributed by atoms with Crippen LogP contribution in [0.25, 0.3) is 0 Å². The van der Waals surface area contributed by atoms with Crippen LogP contribution in [-0.2, 0) is 51.1 Å². The molecule has 0 spiro atoms. The van der Waals surface area contributed by atoms with Gasteiger partial charge in [-0.3, -0.25) is 28.0 Å². The Balaban J connectivity index is 1.84. The van der Waals surface area contributed by atoms with Crippen LogP contribution in [-0.4, -0.2) is 125 Å². The molecular weight excluding hydrogens is 1010 g/mol. The minimum Gasteiger partial charge on any atom is -0.462 e. The molecule has 2 bridgehead atoms. The molecule has 22 nitrogen and oxygen atoms in total. The van der Waals surface area contributed by atoms with Crippen molar-refractivity contribution in [2.75, 3.05) is 25.6 Å². The van der Waals surface area contributed by atoms with Crippen molar-refractivity contribution >= 4 is 39.2 Å². The molecule has 1 aromatic rings. The van der Waals surface area contributed by atoms with Crippen LogP contribution in [0.4, 0.5) is 5.82 Å². The molecule has 0 aliphatic carbocycles. The summed E-state index contributed by atoms with van der Waals surface area (Å²) in [6.07, 6.45) is 11.3. The number of phosphoric ester groups is 2. The second kappa shape index (κ2) is 34.8. The van der Waals surface area contributed by atoms with Crippen molar-refractivity contribution < 1.29 is 86.4 Å². The number of nitrogens with two attached hydrogens (primary N) is 1. The molecule has 1 aromatic heterocycles. The van der Waals surface area contributed by atoms with Crippen molar-refractivity contribution in [3.63, 3.8) is 0 Å². The summed E-state index contributed by atoms with van der Waals surface area (Å²) in [5.41, 5.74) is 4.66. The molecule has 2 aliphatic rings. The molecule has 74 heavy (non-hydrogen) atoms. The summed E-state index contributed by atoms with van der Waals surface area (Å²) in [7, 11) is -11.4. The van der Waals surface area contributed by atoms with Gasteiger partial charge < -0.3 is 55.3 Å². The highest BCUT2D eigenvalue weighted by molar-refractivity contribution is 7.61. The van der Waals surface area contributed by atoms with Crippen molar-refractivity contribution in [2.45, 2.75) is 191 Å². The highest BCUT2D eigenvalue weighted by Crippen LogP contribution is 2.60. The van der Waals surface area contributed by atoms with Crippen molar-refractivity contribution in [2.24, 2.45) is 11.8 Å². The summed E-state index contributed by atoms with van der Waals surface area (Å²) in [6, 6.07) is 1.18. The molecule has 0 radical (unpaired) electrons. The fourth-order valence-electron chi connectivity index (χ4n) is 8.26. The molecule has 9 N–H and O–H groups in total. The highest BCUT2D eigenvalue weighted by Gasteiger charge is 2.45. The number of cyclic esters (lactones) is 1. The Morgan fingerprint density at radius 3 is 2.22 bits per heavy atom. The van der Waals surface area contributed by atoms with Gasteiger partial charge in [-0.05, 0) is 63.9 Å². The third-order valence-electron chi connectivity index (χ3n) is 12.4. The van der Waals surface area contributed by atoms with E-state index in [0.717, 1.165) is 68.6 Å².